The maximum atomic E-state index is 12.0. The van der Waals surface area contributed by atoms with Crippen LogP contribution in [-0.4, -0.2) is 46.9 Å². The average molecular weight is 237 g/mol. The van der Waals surface area contributed by atoms with Crippen LogP contribution in [0.15, 0.2) is 12.5 Å². The van der Waals surface area contributed by atoms with E-state index < -0.39 is 0 Å². The molecule has 2 heterocycles. The molecule has 0 spiro atoms. The molecule has 6 heteroatoms. The van der Waals surface area contributed by atoms with Crippen LogP contribution in [0.5, 0.6) is 0 Å². The normalized spacial score (nSPS) is 20.1. The van der Waals surface area contributed by atoms with Crippen LogP contribution in [0.4, 0.5) is 0 Å². The predicted molar refractivity (Wildman–Crippen MR) is 59.2 cm³/mol. The maximum Gasteiger partial charge on any atom is 0.310 e. The summed E-state index contributed by atoms with van der Waals surface area (Å²) in [5, 5.41) is 0. The lowest BCUT2D eigenvalue weighted by molar-refractivity contribution is -0.146. The number of aromatic amines is 1. The second-order valence-corrected chi connectivity index (χ2v) is 4.08. The van der Waals surface area contributed by atoms with Crippen molar-refractivity contribution in [1.82, 2.24) is 14.9 Å². The first-order valence-electron chi connectivity index (χ1n) is 5.58. The third-order valence-corrected chi connectivity index (χ3v) is 2.97. The van der Waals surface area contributed by atoms with Crippen molar-refractivity contribution in [2.75, 3.05) is 20.2 Å². The molecule has 1 aliphatic heterocycles. The van der Waals surface area contributed by atoms with E-state index >= 15 is 0 Å². The van der Waals surface area contributed by atoms with Crippen molar-refractivity contribution >= 4 is 11.9 Å². The van der Waals surface area contributed by atoms with Gasteiger partial charge >= 0.3 is 5.97 Å². The number of amides is 1. The van der Waals surface area contributed by atoms with Crippen LogP contribution in [0.2, 0.25) is 0 Å². The Labute approximate surface area is 99.0 Å². The van der Waals surface area contributed by atoms with E-state index in [2.05, 4.69) is 9.97 Å². The minimum absolute atomic E-state index is 0.115. The van der Waals surface area contributed by atoms with Crippen LogP contribution < -0.4 is 0 Å². The van der Waals surface area contributed by atoms with E-state index in [9.17, 15) is 9.59 Å². The van der Waals surface area contributed by atoms with E-state index in [1.807, 2.05) is 0 Å². The van der Waals surface area contributed by atoms with Gasteiger partial charge in [-0.15, -0.1) is 0 Å². The Bertz CT molecular complexity index is 402. The molecule has 0 radical (unpaired) electrons. The minimum Gasteiger partial charge on any atom is -0.469 e. The summed E-state index contributed by atoms with van der Waals surface area (Å²) in [6.07, 6.45) is 4.55. The Morgan fingerprint density at radius 1 is 1.59 bits per heavy atom. The van der Waals surface area contributed by atoms with E-state index in [-0.39, 0.29) is 17.8 Å². The summed E-state index contributed by atoms with van der Waals surface area (Å²) < 4.78 is 4.71. The lowest BCUT2D eigenvalue weighted by Crippen LogP contribution is -2.42. The average Bonchev–Trinajstić information content (AvgIpc) is 2.91. The van der Waals surface area contributed by atoms with E-state index in [0.29, 0.717) is 18.8 Å². The van der Waals surface area contributed by atoms with Crippen molar-refractivity contribution in [3.05, 3.63) is 18.2 Å². The summed E-state index contributed by atoms with van der Waals surface area (Å²) >= 11 is 0. The largest absolute Gasteiger partial charge is 0.469 e. The highest BCUT2D eigenvalue weighted by Crippen LogP contribution is 2.19. The molecule has 0 aliphatic carbocycles. The molecule has 1 amide bonds. The van der Waals surface area contributed by atoms with Gasteiger partial charge in [0.25, 0.3) is 5.91 Å². The number of hydrogen-bond donors (Lipinski definition) is 1. The molecule has 1 atom stereocenters. The van der Waals surface area contributed by atoms with Gasteiger partial charge < -0.3 is 14.6 Å². The fourth-order valence-corrected chi connectivity index (χ4v) is 2.06. The highest BCUT2D eigenvalue weighted by Gasteiger charge is 2.29. The van der Waals surface area contributed by atoms with Gasteiger partial charge in [-0.05, 0) is 12.8 Å². The summed E-state index contributed by atoms with van der Waals surface area (Å²) in [7, 11) is 1.37. The fourth-order valence-electron chi connectivity index (χ4n) is 2.06. The SMILES string of the molecule is COC(=O)C1CCCN(C(=O)c2cnc[nH]2)C1. The Hall–Kier alpha value is -1.85. The van der Waals surface area contributed by atoms with Crippen molar-refractivity contribution in [2.24, 2.45) is 5.92 Å². The molecule has 17 heavy (non-hydrogen) atoms. The number of carbonyl (C=O) groups excluding carboxylic acids is 2. The Balaban J connectivity index is 2.02. The molecule has 1 saturated heterocycles. The molecule has 92 valence electrons. The second-order valence-electron chi connectivity index (χ2n) is 4.08. The van der Waals surface area contributed by atoms with Crippen LogP contribution in [0.3, 0.4) is 0 Å². The molecule has 2 rings (SSSR count). The third kappa shape index (κ3) is 2.46. The highest BCUT2D eigenvalue weighted by molar-refractivity contribution is 5.92. The zero-order valence-electron chi connectivity index (χ0n) is 9.68. The number of carbonyl (C=O) groups is 2. The molecule has 6 nitrogen and oxygen atoms in total. The number of methoxy groups -OCH3 is 1. The van der Waals surface area contributed by atoms with Crippen LogP contribution in [0.25, 0.3) is 0 Å². The predicted octanol–water partition coefficient (Wildman–Crippen LogP) is 0.435. The Morgan fingerprint density at radius 2 is 2.41 bits per heavy atom. The van der Waals surface area contributed by atoms with Gasteiger partial charge in [-0.25, -0.2) is 4.98 Å². The Kier molecular flexibility index (Phi) is 3.41. The van der Waals surface area contributed by atoms with Gasteiger partial charge in [-0.3, -0.25) is 9.59 Å². The van der Waals surface area contributed by atoms with Crippen LogP contribution in [-0.2, 0) is 9.53 Å². The molecule has 1 unspecified atom stereocenters. The van der Waals surface area contributed by atoms with E-state index in [1.54, 1.807) is 4.90 Å². The number of ether oxygens (including phenoxy) is 1. The standard InChI is InChI=1S/C11H15N3O3/c1-17-11(16)8-3-2-4-14(6-8)10(15)9-5-12-7-13-9/h5,7-8H,2-4,6H2,1H3,(H,12,13). The van der Waals surface area contributed by atoms with E-state index in [4.69, 9.17) is 4.74 Å². The number of esters is 1. The van der Waals surface area contributed by atoms with E-state index in [0.717, 1.165) is 12.8 Å². The van der Waals surface area contributed by atoms with Gasteiger partial charge in [0.2, 0.25) is 0 Å². The second kappa shape index (κ2) is 4.99. The molecule has 0 aromatic carbocycles. The molecular formula is C11H15N3O3. The first-order valence-corrected chi connectivity index (χ1v) is 5.58. The molecule has 1 aromatic heterocycles. The van der Waals surface area contributed by atoms with Crippen molar-refractivity contribution in [3.8, 4) is 0 Å². The molecule has 1 aliphatic rings. The summed E-state index contributed by atoms with van der Waals surface area (Å²) in [5.41, 5.74) is 0.454. The zero-order chi connectivity index (χ0) is 12.3. The maximum absolute atomic E-state index is 12.0. The topological polar surface area (TPSA) is 75.3 Å². The fraction of sp³-hybridized carbons (Fsp3) is 0.545. The van der Waals surface area contributed by atoms with Gasteiger partial charge in [0, 0.05) is 13.1 Å². The van der Waals surface area contributed by atoms with Gasteiger partial charge in [0.1, 0.15) is 5.69 Å². The lowest BCUT2D eigenvalue weighted by atomic mass is 9.98. The molecule has 1 fully saturated rings. The summed E-state index contributed by atoms with van der Waals surface area (Å²) in [6, 6.07) is 0. The highest BCUT2D eigenvalue weighted by atomic mass is 16.5. The van der Waals surface area contributed by atoms with Crippen LogP contribution in [0, 0.1) is 5.92 Å². The van der Waals surface area contributed by atoms with Crippen LogP contribution in [0.1, 0.15) is 23.3 Å². The van der Waals surface area contributed by atoms with Crippen molar-refractivity contribution in [3.63, 3.8) is 0 Å². The number of imidazole rings is 1. The Morgan fingerprint density at radius 3 is 3.06 bits per heavy atom. The number of likely N-dealkylation sites (tertiary alicyclic amines) is 1. The first-order chi connectivity index (χ1) is 8.22. The van der Waals surface area contributed by atoms with Crippen LogP contribution >= 0.6 is 0 Å². The van der Waals surface area contributed by atoms with Gasteiger partial charge in [0.15, 0.2) is 0 Å². The summed E-state index contributed by atoms with van der Waals surface area (Å²) in [4.78, 5) is 31.7. The number of hydrogen-bond acceptors (Lipinski definition) is 4. The molecule has 0 bridgehead atoms. The quantitative estimate of drug-likeness (QED) is 0.757. The zero-order valence-corrected chi connectivity index (χ0v) is 9.68. The van der Waals surface area contributed by atoms with Gasteiger partial charge in [-0.2, -0.15) is 0 Å². The summed E-state index contributed by atoms with van der Waals surface area (Å²) in [6.45, 7) is 1.09. The first kappa shape index (κ1) is 11.6. The van der Waals surface area contributed by atoms with Crippen molar-refractivity contribution < 1.29 is 14.3 Å². The molecule has 1 N–H and O–H groups in total. The smallest absolute Gasteiger partial charge is 0.310 e. The molecular weight excluding hydrogens is 222 g/mol. The monoisotopic (exact) mass is 237 g/mol. The van der Waals surface area contributed by atoms with E-state index in [1.165, 1.54) is 19.6 Å². The van der Waals surface area contributed by atoms with Gasteiger partial charge in [-0.1, -0.05) is 0 Å². The third-order valence-electron chi connectivity index (χ3n) is 2.97. The minimum atomic E-state index is -0.243. The van der Waals surface area contributed by atoms with Crippen molar-refractivity contribution in [1.29, 1.82) is 0 Å². The number of aromatic nitrogens is 2. The number of piperidine rings is 1. The number of rotatable bonds is 2. The van der Waals surface area contributed by atoms with Gasteiger partial charge in [0.05, 0.1) is 25.6 Å². The number of H-pyrrole nitrogens is 1. The molecule has 1 aromatic rings. The molecule has 0 saturated carbocycles. The lowest BCUT2D eigenvalue weighted by Gasteiger charge is -2.30. The summed E-state index contributed by atoms with van der Waals surface area (Å²) in [5.74, 6) is -0.566. The number of nitrogens with zero attached hydrogens (tertiary/aromatic N) is 2. The van der Waals surface area contributed by atoms with Crippen molar-refractivity contribution in [2.45, 2.75) is 12.8 Å². The number of nitrogens with one attached hydrogen (secondary N) is 1.